The number of rotatable bonds is 7. The predicted octanol–water partition coefficient (Wildman–Crippen LogP) is 3.09. The van der Waals surface area contributed by atoms with Crippen molar-refractivity contribution in [3.05, 3.63) is 30.3 Å². The summed E-state index contributed by atoms with van der Waals surface area (Å²) in [6.45, 7) is 6.23. The second-order valence-electron chi connectivity index (χ2n) is 5.03. The zero-order valence-electron chi connectivity index (χ0n) is 13.6. The van der Waals surface area contributed by atoms with Gasteiger partial charge in [-0.15, -0.1) is 24.0 Å². The summed E-state index contributed by atoms with van der Waals surface area (Å²) < 4.78 is 0. The molecule has 0 heterocycles. The van der Waals surface area contributed by atoms with E-state index in [0.717, 1.165) is 19.0 Å². The van der Waals surface area contributed by atoms with E-state index in [9.17, 15) is 0 Å². The molecule has 1 aromatic carbocycles. The van der Waals surface area contributed by atoms with Crippen molar-refractivity contribution < 1.29 is 0 Å². The molecule has 21 heavy (non-hydrogen) atoms. The van der Waals surface area contributed by atoms with Crippen molar-refractivity contribution >= 4 is 35.6 Å². The van der Waals surface area contributed by atoms with Crippen LogP contribution in [0.4, 0.5) is 5.69 Å². The second kappa shape index (κ2) is 11.7. The van der Waals surface area contributed by atoms with Gasteiger partial charge in [0.25, 0.3) is 0 Å². The van der Waals surface area contributed by atoms with E-state index in [1.54, 1.807) is 0 Å². The Morgan fingerprint density at radius 3 is 2.48 bits per heavy atom. The molecule has 2 N–H and O–H groups in total. The molecule has 120 valence electrons. The van der Waals surface area contributed by atoms with Gasteiger partial charge in [-0.2, -0.15) is 0 Å². The average Bonchev–Trinajstić information content (AvgIpc) is 2.50. The summed E-state index contributed by atoms with van der Waals surface area (Å²) >= 11 is 0. The SMILES string of the molecule is CCCCNC(=NC)NCC(C)N(C)c1ccccc1.I. The van der Waals surface area contributed by atoms with Crippen molar-refractivity contribution in [1.29, 1.82) is 0 Å². The highest BCUT2D eigenvalue weighted by molar-refractivity contribution is 14.0. The van der Waals surface area contributed by atoms with Gasteiger partial charge in [-0.05, 0) is 25.5 Å². The molecule has 0 spiro atoms. The number of benzene rings is 1. The van der Waals surface area contributed by atoms with E-state index in [-0.39, 0.29) is 24.0 Å². The molecular weight excluding hydrogens is 375 g/mol. The molecule has 0 amide bonds. The highest BCUT2D eigenvalue weighted by atomic mass is 127. The first-order valence-electron chi connectivity index (χ1n) is 7.41. The third-order valence-electron chi connectivity index (χ3n) is 3.44. The fraction of sp³-hybridized carbons (Fsp3) is 0.562. The molecule has 4 nitrogen and oxygen atoms in total. The zero-order valence-corrected chi connectivity index (χ0v) is 15.9. The van der Waals surface area contributed by atoms with Crippen LogP contribution < -0.4 is 15.5 Å². The van der Waals surface area contributed by atoms with Crippen molar-refractivity contribution in [2.24, 2.45) is 4.99 Å². The normalized spacial score (nSPS) is 12.3. The minimum atomic E-state index is 0. The van der Waals surface area contributed by atoms with E-state index in [2.05, 4.69) is 65.7 Å². The van der Waals surface area contributed by atoms with Crippen LogP contribution in [-0.2, 0) is 0 Å². The minimum Gasteiger partial charge on any atom is -0.370 e. The van der Waals surface area contributed by atoms with E-state index in [0.29, 0.717) is 6.04 Å². The highest BCUT2D eigenvalue weighted by Crippen LogP contribution is 2.13. The number of hydrogen-bond donors (Lipinski definition) is 2. The summed E-state index contributed by atoms with van der Waals surface area (Å²) in [5.74, 6) is 0.881. The van der Waals surface area contributed by atoms with Crippen LogP contribution in [0.25, 0.3) is 0 Å². The molecule has 1 atom stereocenters. The first-order chi connectivity index (χ1) is 9.69. The molecule has 0 aromatic heterocycles. The van der Waals surface area contributed by atoms with Gasteiger partial charge < -0.3 is 15.5 Å². The molecule has 0 saturated carbocycles. The molecule has 1 aromatic rings. The largest absolute Gasteiger partial charge is 0.370 e. The first-order valence-corrected chi connectivity index (χ1v) is 7.41. The van der Waals surface area contributed by atoms with Crippen LogP contribution in [0.1, 0.15) is 26.7 Å². The first kappa shape index (κ1) is 20.0. The van der Waals surface area contributed by atoms with E-state index in [1.807, 2.05) is 13.1 Å². The second-order valence-corrected chi connectivity index (χ2v) is 5.03. The molecule has 0 radical (unpaired) electrons. The molecule has 0 saturated heterocycles. The molecular formula is C16H29IN4. The Hall–Kier alpha value is -0.980. The number of unbranched alkanes of at least 4 members (excludes halogenated alkanes) is 1. The van der Waals surface area contributed by atoms with Crippen LogP contribution in [0.3, 0.4) is 0 Å². The molecule has 0 fully saturated rings. The molecule has 0 aliphatic rings. The van der Waals surface area contributed by atoms with Crippen LogP contribution in [0.2, 0.25) is 0 Å². The molecule has 0 aliphatic heterocycles. The van der Waals surface area contributed by atoms with E-state index < -0.39 is 0 Å². The Bertz CT molecular complexity index is 395. The van der Waals surface area contributed by atoms with Crippen LogP contribution in [0, 0.1) is 0 Å². The lowest BCUT2D eigenvalue weighted by Crippen LogP contribution is -2.45. The lowest BCUT2D eigenvalue weighted by Gasteiger charge is -2.27. The topological polar surface area (TPSA) is 39.7 Å². The molecule has 0 aliphatic carbocycles. The monoisotopic (exact) mass is 404 g/mol. The van der Waals surface area contributed by atoms with Crippen LogP contribution in [0.15, 0.2) is 35.3 Å². The summed E-state index contributed by atoms with van der Waals surface area (Å²) in [5.41, 5.74) is 1.23. The summed E-state index contributed by atoms with van der Waals surface area (Å²) in [6, 6.07) is 10.8. The molecule has 1 unspecified atom stereocenters. The number of guanidine groups is 1. The maximum Gasteiger partial charge on any atom is 0.191 e. The maximum atomic E-state index is 4.24. The van der Waals surface area contributed by atoms with Crippen LogP contribution >= 0.6 is 24.0 Å². The van der Waals surface area contributed by atoms with E-state index in [4.69, 9.17) is 0 Å². The Kier molecular flexibility index (Phi) is 11.1. The number of likely N-dealkylation sites (N-methyl/N-ethyl adjacent to an activating group) is 1. The quantitative estimate of drug-likeness (QED) is 0.318. The van der Waals surface area contributed by atoms with Gasteiger partial charge in [0.05, 0.1) is 0 Å². The molecule has 0 bridgehead atoms. The van der Waals surface area contributed by atoms with Gasteiger partial charge in [0.15, 0.2) is 5.96 Å². The van der Waals surface area contributed by atoms with Gasteiger partial charge in [0.2, 0.25) is 0 Å². The minimum absolute atomic E-state index is 0. The average molecular weight is 404 g/mol. The smallest absolute Gasteiger partial charge is 0.191 e. The van der Waals surface area contributed by atoms with Crippen molar-refractivity contribution in [2.45, 2.75) is 32.7 Å². The number of hydrogen-bond acceptors (Lipinski definition) is 2. The Balaban J connectivity index is 0.00000400. The van der Waals surface area contributed by atoms with Gasteiger partial charge in [-0.3, -0.25) is 4.99 Å². The number of para-hydroxylation sites is 1. The van der Waals surface area contributed by atoms with Gasteiger partial charge in [0, 0.05) is 38.9 Å². The van der Waals surface area contributed by atoms with E-state index in [1.165, 1.54) is 18.5 Å². The van der Waals surface area contributed by atoms with Crippen LogP contribution in [0.5, 0.6) is 0 Å². The number of halogens is 1. The summed E-state index contributed by atoms with van der Waals surface area (Å²) in [6.07, 6.45) is 2.36. The summed E-state index contributed by atoms with van der Waals surface area (Å²) in [7, 11) is 3.93. The van der Waals surface area contributed by atoms with Gasteiger partial charge in [0.1, 0.15) is 0 Å². The van der Waals surface area contributed by atoms with Crippen molar-refractivity contribution in [1.82, 2.24) is 10.6 Å². The lowest BCUT2D eigenvalue weighted by atomic mass is 10.2. The predicted molar refractivity (Wildman–Crippen MR) is 104 cm³/mol. The van der Waals surface area contributed by atoms with Gasteiger partial charge in [-0.1, -0.05) is 31.5 Å². The van der Waals surface area contributed by atoms with E-state index >= 15 is 0 Å². The fourth-order valence-electron chi connectivity index (χ4n) is 1.90. The van der Waals surface area contributed by atoms with Crippen molar-refractivity contribution in [3.63, 3.8) is 0 Å². The highest BCUT2D eigenvalue weighted by Gasteiger charge is 2.10. The Morgan fingerprint density at radius 1 is 1.24 bits per heavy atom. The van der Waals surface area contributed by atoms with Gasteiger partial charge >= 0.3 is 0 Å². The summed E-state index contributed by atoms with van der Waals surface area (Å²) in [5, 5.41) is 6.70. The van der Waals surface area contributed by atoms with Crippen LogP contribution in [-0.4, -0.2) is 39.2 Å². The fourth-order valence-corrected chi connectivity index (χ4v) is 1.90. The zero-order chi connectivity index (χ0) is 14.8. The summed E-state index contributed by atoms with van der Waals surface area (Å²) in [4.78, 5) is 6.51. The lowest BCUT2D eigenvalue weighted by molar-refractivity contribution is 0.644. The third kappa shape index (κ3) is 7.55. The maximum absolute atomic E-state index is 4.24. The standard InChI is InChI=1S/C16H28N4.HI/c1-5-6-12-18-16(17-3)19-13-14(2)20(4)15-10-8-7-9-11-15;/h7-11,14H,5-6,12-13H2,1-4H3,(H2,17,18,19);1H. The number of anilines is 1. The number of nitrogens with zero attached hydrogens (tertiary/aromatic N) is 2. The third-order valence-corrected chi connectivity index (χ3v) is 3.44. The molecule has 5 heteroatoms. The number of nitrogens with one attached hydrogen (secondary N) is 2. The van der Waals surface area contributed by atoms with Crippen molar-refractivity contribution in [2.75, 3.05) is 32.1 Å². The number of aliphatic imine (C=N–C) groups is 1. The van der Waals surface area contributed by atoms with Crippen molar-refractivity contribution in [3.8, 4) is 0 Å². The Morgan fingerprint density at radius 2 is 1.90 bits per heavy atom. The Labute approximate surface area is 146 Å². The van der Waals surface area contributed by atoms with Gasteiger partial charge in [-0.25, -0.2) is 0 Å². The molecule has 1 rings (SSSR count).